The van der Waals surface area contributed by atoms with Gasteiger partial charge in [-0.2, -0.15) is 0 Å². The van der Waals surface area contributed by atoms with Crippen LogP contribution in [0.4, 0.5) is 11.4 Å². The van der Waals surface area contributed by atoms with Crippen LogP contribution < -0.4 is 15.5 Å². The van der Waals surface area contributed by atoms with E-state index in [2.05, 4.69) is 29.4 Å². The third-order valence-corrected chi connectivity index (χ3v) is 9.33. The summed E-state index contributed by atoms with van der Waals surface area (Å²) in [5.74, 6) is -1.82. The maximum absolute atomic E-state index is 14.1. The number of nitrogens with one attached hydrogen (secondary N) is 2. The summed E-state index contributed by atoms with van der Waals surface area (Å²) in [6.07, 6.45) is 5.81. The van der Waals surface area contributed by atoms with E-state index in [0.29, 0.717) is 38.0 Å². The number of hydrogen-bond acceptors (Lipinski definition) is 6. The van der Waals surface area contributed by atoms with Gasteiger partial charge < -0.3 is 30.3 Å². The predicted molar refractivity (Wildman–Crippen MR) is 156 cm³/mol. The smallest absolute Gasteiger partial charge is 0.250 e. The van der Waals surface area contributed by atoms with Crippen LogP contribution in [0.3, 0.4) is 0 Å². The van der Waals surface area contributed by atoms with Crippen LogP contribution in [0, 0.1) is 11.8 Å². The fraction of sp³-hybridized carbons (Fsp3) is 0.710. The lowest BCUT2D eigenvalue weighted by atomic mass is 9.65. The van der Waals surface area contributed by atoms with Crippen molar-refractivity contribution in [3.05, 3.63) is 24.3 Å². The summed E-state index contributed by atoms with van der Waals surface area (Å²) >= 11 is 0. The van der Waals surface area contributed by atoms with Gasteiger partial charge in [-0.25, -0.2) is 0 Å². The van der Waals surface area contributed by atoms with Gasteiger partial charge in [0.2, 0.25) is 17.7 Å². The first-order chi connectivity index (χ1) is 19.3. The summed E-state index contributed by atoms with van der Waals surface area (Å²) in [4.78, 5) is 45.6. The van der Waals surface area contributed by atoms with Crippen molar-refractivity contribution in [3.8, 4) is 0 Å². The first-order valence-corrected chi connectivity index (χ1v) is 15.4. The molecule has 3 saturated heterocycles. The lowest BCUT2D eigenvalue weighted by Crippen LogP contribution is -2.53. The molecule has 3 N–H and O–H groups in total. The molecule has 0 radical (unpaired) electrons. The Balaban J connectivity index is 1.63. The third-order valence-electron chi connectivity index (χ3n) is 9.33. The number of anilines is 2. The van der Waals surface area contributed by atoms with E-state index in [4.69, 9.17) is 9.84 Å². The Labute approximate surface area is 239 Å². The normalized spacial score (nSPS) is 28.6. The lowest BCUT2D eigenvalue weighted by molar-refractivity contribution is -0.146. The van der Waals surface area contributed by atoms with Crippen molar-refractivity contribution in [2.24, 2.45) is 11.8 Å². The summed E-state index contributed by atoms with van der Waals surface area (Å²) < 4.78 is 6.81. The fourth-order valence-corrected chi connectivity index (χ4v) is 7.32. The van der Waals surface area contributed by atoms with E-state index in [-0.39, 0.29) is 24.3 Å². The van der Waals surface area contributed by atoms with Crippen molar-refractivity contribution in [3.63, 3.8) is 0 Å². The number of carbonyl (C=O) groups is 3. The molecule has 0 aromatic heterocycles. The Kier molecular flexibility index (Phi) is 9.77. The van der Waals surface area contributed by atoms with Gasteiger partial charge in [0.1, 0.15) is 11.6 Å². The molecular weight excluding hydrogens is 508 g/mol. The number of aliphatic hydroxyl groups excluding tert-OH is 1. The zero-order valence-electron chi connectivity index (χ0n) is 24.7. The number of aliphatic hydroxyl groups is 1. The van der Waals surface area contributed by atoms with Gasteiger partial charge in [-0.3, -0.25) is 14.4 Å². The van der Waals surface area contributed by atoms with Crippen molar-refractivity contribution < 1.29 is 24.2 Å². The van der Waals surface area contributed by atoms with Crippen LogP contribution in [-0.2, 0) is 19.1 Å². The fourth-order valence-electron chi connectivity index (χ4n) is 7.32. The van der Waals surface area contributed by atoms with Crippen molar-refractivity contribution >= 4 is 29.1 Å². The van der Waals surface area contributed by atoms with Crippen LogP contribution in [0.1, 0.15) is 79.1 Å². The number of ether oxygens (including phenoxy) is 1. The molecule has 5 atom stereocenters. The monoisotopic (exact) mass is 556 g/mol. The second-order valence-electron chi connectivity index (χ2n) is 11.5. The number of benzene rings is 1. The predicted octanol–water partition coefficient (Wildman–Crippen LogP) is 3.71. The van der Waals surface area contributed by atoms with E-state index in [1.54, 1.807) is 4.90 Å². The second kappa shape index (κ2) is 12.9. The Hall–Kier alpha value is -2.65. The van der Waals surface area contributed by atoms with Gasteiger partial charge in [0.15, 0.2) is 0 Å². The zero-order valence-corrected chi connectivity index (χ0v) is 24.7. The number of carbonyl (C=O) groups excluding carboxylic acids is 3. The zero-order chi connectivity index (χ0) is 28.9. The lowest BCUT2D eigenvalue weighted by Gasteiger charge is -2.34. The maximum Gasteiger partial charge on any atom is 0.250 e. The van der Waals surface area contributed by atoms with Gasteiger partial charge in [0, 0.05) is 44.2 Å². The molecule has 3 amide bonds. The molecule has 9 nitrogen and oxygen atoms in total. The molecule has 3 heterocycles. The van der Waals surface area contributed by atoms with Gasteiger partial charge in [-0.15, -0.1) is 0 Å². The number of likely N-dealkylation sites (tertiary alicyclic amines) is 1. The van der Waals surface area contributed by atoms with Crippen molar-refractivity contribution in [2.75, 3.05) is 43.0 Å². The molecule has 0 saturated carbocycles. The average Bonchev–Trinajstić information content (AvgIpc) is 3.56. The minimum atomic E-state index is -1.02. The highest BCUT2D eigenvalue weighted by Gasteiger charge is 2.78. The van der Waals surface area contributed by atoms with Crippen LogP contribution >= 0.6 is 0 Å². The molecule has 222 valence electrons. The SMILES string of the molecule is CCCNC(=O)[C@@H]1[C@H]2C(=O)N(CCCCCCO)C(C(=O)Nc3ccc(N(CC)CC)cc3)C23CC[C@@]1(CC)O3. The van der Waals surface area contributed by atoms with Gasteiger partial charge in [-0.1, -0.05) is 26.7 Å². The van der Waals surface area contributed by atoms with Crippen LogP contribution in [0.15, 0.2) is 24.3 Å². The highest BCUT2D eigenvalue weighted by molar-refractivity contribution is 6.03. The van der Waals surface area contributed by atoms with Gasteiger partial charge in [0.05, 0.1) is 17.4 Å². The molecular formula is C31H48N4O5. The minimum Gasteiger partial charge on any atom is -0.396 e. The Morgan fingerprint density at radius 2 is 1.73 bits per heavy atom. The van der Waals surface area contributed by atoms with Gasteiger partial charge in [0.25, 0.3) is 0 Å². The number of nitrogens with zero attached hydrogens (tertiary/aromatic N) is 2. The molecule has 3 aliphatic heterocycles. The minimum absolute atomic E-state index is 0.139. The van der Waals surface area contributed by atoms with Gasteiger partial charge >= 0.3 is 0 Å². The molecule has 40 heavy (non-hydrogen) atoms. The molecule has 1 spiro atoms. The molecule has 4 rings (SSSR count). The highest BCUT2D eigenvalue weighted by atomic mass is 16.5. The van der Waals surface area contributed by atoms with E-state index in [1.165, 1.54) is 0 Å². The summed E-state index contributed by atoms with van der Waals surface area (Å²) in [7, 11) is 0. The molecule has 1 aromatic carbocycles. The van der Waals surface area contributed by atoms with Crippen molar-refractivity contribution in [2.45, 2.75) is 96.3 Å². The number of fused-ring (bicyclic) bond motifs is 1. The molecule has 9 heteroatoms. The largest absolute Gasteiger partial charge is 0.396 e. The van der Waals surface area contributed by atoms with E-state index in [9.17, 15) is 14.4 Å². The van der Waals surface area contributed by atoms with E-state index in [1.807, 2.05) is 38.1 Å². The summed E-state index contributed by atoms with van der Waals surface area (Å²) in [5, 5.41) is 15.2. The number of amides is 3. The van der Waals surface area contributed by atoms with Crippen LogP contribution in [0.2, 0.25) is 0 Å². The molecule has 0 aliphatic carbocycles. The third kappa shape index (κ3) is 5.34. The van der Waals surface area contributed by atoms with Crippen LogP contribution in [0.5, 0.6) is 0 Å². The Morgan fingerprint density at radius 1 is 1.02 bits per heavy atom. The summed E-state index contributed by atoms with van der Waals surface area (Å²) in [5.41, 5.74) is 0.0179. The molecule has 3 fully saturated rings. The maximum atomic E-state index is 14.1. The average molecular weight is 557 g/mol. The topological polar surface area (TPSA) is 111 Å². The van der Waals surface area contributed by atoms with Crippen molar-refractivity contribution in [1.29, 1.82) is 0 Å². The van der Waals surface area contributed by atoms with E-state index >= 15 is 0 Å². The number of unbranched alkanes of at least 4 members (excludes halogenated alkanes) is 3. The van der Waals surface area contributed by atoms with Crippen molar-refractivity contribution in [1.82, 2.24) is 10.2 Å². The van der Waals surface area contributed by atoms with E-state index < -0.39 is 29.1 Å². The van der Waals surface area contributed by atoms with E-state index in [0.717, 1.165) is 50.9 Å². The summed E-state index contributed by atoms with van der Waals surface area (Å²) in [6, 6.07) is 7.00. The van der Waals surface area contributed by atoms with Crippen LogP contribution in [0.25, 0.3) is 0 Å². The quantitative estimate of drug-likeness (QED) is 0.284. The first-order valence-electron chi connectivity index (χ1n) is 15.4. The molecule has 2 bridgehead atoms. The number of rotatable bonds is 15. The van der Waals surface area contributed by atoms with Gasteiger partial charge in [-0.05, 0) is 76.6 Å². The molecule has 3 aliphatic rings. The Morgan fingerprint density at radius 3 is 2.35 bits per heavy atom. The number of hydrogen-bond donors (Lipinski definition) is 3. The Bertz CT molecular complexity index is 1040. The standard InChI is InChI=1S/C31H48N4O5/c1-5-19-32-27(37)24-25-29(39)35(20-11-9-10-12-21-36)26(31(25)18-17-30(24,6-2)40-31)28(38)33-22-13-15-23(16-14-22)34(7-3)8-4/h13-16,24-26,36H,5-12,17-21H2,1-4H3,(H,32,37)(H,33,38)/t24-,25-,26?,30+,31?/m0/s1. The summed E-state index contributed by atoms with van der Waals surface area (Å²) in [6.45, 7) is 11.1. The van der Waals surface area contributed by atoms with Crippen LogP contribution in [-0.4, -0.2) is 77.8 Å². The highest BCUT2D eigenvalue weighted by Crippen LogP contribution is 2.64. The first kappa shape index (κ1) is 30.3. The molecule has 2 unspecified atom stereocenters. The second-order valence-corrected chi connectivity index (χ2v) is 11.5. The molecule has 1 aromatic rings.